The maximum atomic E-state index is 12.3. The van der Waals surface area contributed by atoms with Gasteiger partial charge in [0.1, 0.15) is 5.75 Å². The van der Waals surface area contributed by atoms with E-state index < -0.39 is 9.84 Å². The number of nitrogens with one attached hydrogen (secondary N) is 2. The Hall–Kier alpha value is -2.54. The Morgan fingerprint density at radius 2 is 1.78 bits per heavy atom. The molecular weight excluding hydrogens is 362 g/mol. The highest BCUT2D eigenvalue weighted by atomic mass is 32.2. The molecule has 0 bridgehead atoms. The minimum absolute atomic E-state index is 0.00339. The summed E-state index contributed by atoms with van der Waals surface area (Å²) in [7, 11) is 0.0197. The molecule has 0 saturated heterocycles. The van der Waals surface area contributed by atoms with E-state index >= 15 is 0 Å². The maximum Gasteiger partial charge on any atom is 0.191 e. The SMILES string of the molecule is CN=C(NCCc1cc(C)ccc1OC)NCCS(=O)(=O)c1ccccc1. The van der Waals surface area contributed by atoms with Crippen LogP contribution >= 0.6 is 0 Å². The summed E-state index contributed by atoms with van der Waals surface area (Å²) >= 11 is 0. The second-order valence-corrected chi connectivity index (χ2v) is 8.23. The summed E-state index contributed by atoms with van der Waals surface area (Å²) in [6.07, 6.45) is 0.772. The molecule has 0 unspecified atom stereocenters. The van der Waals surface area contributed by atoms with Crippen molar-refractivity contribution in [3.05, 3.63) is 59.7 Å². The van der Waals surface area contributed by atoms with Gasteiger partial charge in [0, 0.05) is 20.1 Å². The van der Waals surface area contributed by atoms with Gasteiger partial charge in [0.15, 0.2) is 15.8 Å². The molecule has 0 aliphatic rings. The zero-order valence-electron chi connectivity index (χ0n) is 16.0. The van der Waals surface area contributed by atoms with E-state index in [0.29, 0.717) is 17.4 Å². The highest BCUT2D eigenvalue weighted by Gasteiger charge is 2.13. The number of hydrogen-bond donors (Lipinski definition) is 2. The molecule has 0 amide bonds. The second kappa shape index (κ2) is 9.97. The first kappa shape index (κ1) is 20.8. The van der Waals surface area contributed by atoms with E-state index in [1.54, 1.807) is 44.5 Å². The van der Waals surface area contributed by atoms with Gasteiger partial charge in [0.05, 0.1) is 17.8 Å². The number of benzene rings is 2. The fourth-order valence-electron chi connectivity index (χ4n) is 2.69. The molecule has 0 saturated carbocycles. The third kappa shape index (κ3) is 6.29. The van der Waals surface area contributed by atoms with Crippen LogP contribution in [0.15, 0.2) is 58.4 Å². The lowest BCUT2D eigenvalue weighted by Crippen LogP contribution is -2.40. The molecule has 146 valence electrons. The average molecular weight is 390 g/mol. The summed E-state index contributed by atoms with van der Waals surface area (Å²) in [6.45, 7) is 2.99. The van der Waals surface area contributed by atoms with Gasteiger partial charge in [0.2, 0.25) is 0 Å². The van der Waals surface area contributed by atoms with Crippen molar-refractivity contribution in [1.82, 2.24) is 10.6 Å². The molecule has 0 aromatic heterocycles. The first-order chi connectivity index (χ1) is 13.0. The Balaban J connectivity index is 1.82. The van der Waals surface area contributed by atoms with E-state index in [2.05, 4.69) is 21.7 Å². The standard InChI is InChI=1S/C20H27N3O3S/c1-16-9-10-19(26-3)17(15-16)11-12-22-20(21-2)23-13-14-27(24,25)18-7-5-4-6-8-18/h4-10,15H,11-14H2,1-3H3,(H2,21,22,23). The Labute approximate surface area is 161 Å². The zero-order chi connectivity index (χ0) is 19.7. The van der Waals surface area contributed by atoms with Crippen LogP contribution in [0.2, 0.25) is 0 Å². The summed E-state index contributed by atoms with van der Waals surface area (Å²) in [4.78, 5) is 4.47. The van der Waals surface area contributed by atoms with Gasteiger partial charge in [-0.1, -0.05) is 35.9 Å². The van der Waals surface area contributed by atoms with Gasteiger partial charge in [-0.05, 0) is 37.1 Å². The molecule has 2 N–H and O–H groups in total. The Morgan fingerprint density at radius 3 is 2.44 bits per heavy atom. The second-order valence-electron chi connectivity index (χ2n) is 6.12. The van der Waals surface area contributed by atoms with Crippen molar-refractivity contribution < 1.29 is 13.2 Å². The quantitative estimate of drug-likeness (QED) is 0.534. The van der Waals surface area contributed by atoms with E-state index in [1.807, 2.05) is 19.1 Å². The lowest BCUT2D eigenvalue weighted by atomic mass is 10.1. The molecule has 2 aromatic rings. The van der Waals surface area contributed by atoms with Crippen LogP contribution in [0.4, 0.5) is 0 Å². The van der Waals surface area contributed by atoms with Crippen LogP contribution in [-0.2, 0) is 16.3 Å². The lowest BCUT2D eigenvalue weighted by Gasteiger charge is -2.13. The number of methoxy groups -OCH3 is 1. The Morgan fingerprint density at radius 1 is 1.07 bits per heavy atom. The predicted molar refractivity (Wildman–Crippen MR) is 109 cm³/mol. The highest BCUT2D eigenvalue weighted by Crippen LogP contribution is 2.19. The highest BCUT2D eigenvalue weighted by molar-refractivity contribution is 7.91. The van der Waals surface area contributed by atoms with Crippen molar-refractivity contribution in [2.45, 2.75) is 18.2 Å². The number of hydrogen-bond acceptors (Lipinski definition) is 4. The molecule has 0 spiro atoms. The largest absolute Gasteiger partial charge is 0.496 e. The van der Waals surface area contributed by atoms with Crippen LogP contribution in [0.5, 0.6) is 5.75 Å². The summed E-state index contributed by atoms with van der Waals surface area (Å²) < 4.78 is 30.0. The minimum atomic E-state index is -3.30. The fourth-order valence-corrected chi connectivity index (χ4v) is 3.87. The number of sulfone groups is 1. The molecule has 0 aliphatic carbocycles. The van der Waals surface area contributed by atoms with Crippen molar-refractivity contribution in [1.29, 1.82) is 0 Å². The molecular formula is C20H27N3O3S. The van der Waals surface area contributed by atoms with Gasteiger partial charge in [0.25, 0.3) is 0 Å². The average Bonchev–Trinajstić information content (AvgIpc) is 2.67. The molecule has 0 heterocycles. The monoisotopic (exact) mass is 389 g/mol. The summed E-state index contributed by atoms with van der Waals surface area (Å²) in [6, 6.07) is 14.5. The van der Waals surface area contributed by atoms with Gasteiger partial charge in [-0.3, -0.25) is 4.99 Å². The molecule has 27 heavy (non-hydrogen) atoms. The van der Waals surface area contributed by atoms with Gasteiger partial charge < -0.3 is 15.4 Å². The number of aryl methyl sites for hydroxylation is 1. The van der Waals surface area contributed by atoms with Crippen LogP contribution in [-0.4, -0.2) is 47.4 Å². The maximum absolute atomic E-state index is 12.3. The van der Waals surface area contributed by atoms with Gasteiger partial charge in [-0.25, -0.2) is 8.42 Å². The number of nitrogens with zero attached hydrogens (tertiary/aromatic N) is 1. The van der Waals surface area contributed by atoms with Crippen molar-refractivity contribution >= 4 is 15.8 Å². The normalized spacial score (nSPS) is 11.9. The van der Waals surface area contributed by atoms with Gasteiger partial charge >= 0.3 is 0 Å². The molecule has 0 aliphatic heterocycles. The number of ether oxygens (including phenoxy) is 1. The fraction of sp³-hybridized carbons (Fsp3) is 0.350. The van der Waals surface area contributed by atoms with Crippen LogP contribution in [0, 0.1) is 6.92 Å². The molecule has 2 aromatic carbocycles. The molecule has 0 atom stereocenters. The first-order valence-corrected chi connectivity index (χ1v) is 10.5. The number of aliphatic imine (C=N–C) groups is 1. The smallest absolute Gasteiger partial charge is 0.191 e. The molecule has 2 rings (SSSR count). The number of guanidine groups is 1. The molecule has 6 nitrogen and oxygen atoms in total. The third-order valence-corrected chi connectivity index (χ3v) is 5.84. The summed E-state index contributed by atoms with van der Waals surface area (Å²) in [5.74, 6) is 1.44. The van der Waals surface area contributed by atoms with Gasteiger partial charge in [-0.2, -0.15) is 0 Å². The molecule has 0 fully saturated rings. The van der Waals surface area contributed by atoms with E-state index in [1.165, 1.54) is 5.56 Å². The van der Waals surface area contributed by atoms with E-state index in [4.69, 9.17) is 4.74 Å². The predicted octanol–water partition coefficient (Wildman–Crippen LogP) is 2.19. The minimum Gasteiger partial charge on any atom is -0.496 e. The first-order valence-electron chi connectivity index (χ1n) is 8.82. The molecule has 7 heteroatoms. The van der Waals surface area contributed by atoms with Crippen molar-refractivity contribution in [2.75, 3.05) is 33.0 Å². The van der Waals surface area contributed by atoms with Crippen LogP contribution < -0.4 is 15.4 Å². The lowest BCUT2D eigenvalue weighted by molar-refractivity contribution is 0.409. The molecule has 0 radical (unpaired) electrons. The third-order valence-electron chi connectivity index (χ3n) is 4.11. The van der Waals surface area contributed by atoms with Crippen LogP contribution in [0.3, 0.4) is 0 Å². The van der Waals surface area contributed by atoms with E-state index in [-0.39, 0.29) is 12.3 Å². The van der Waals surface area contributed by atoms with Crippen LogP contribution in [0.1, 0.15) is 11.1 Å². The Kier molecular flexibility index (Phi) is 7.67. The topological polar surface area (TPSA) is 79.8 Å². The van der Waals surface area contributed by atoms with E-state index in [9.17, 15) is 8.42 Å². The zero-order valence-corrected chi connectivity index (χ0v) is 16.8. The summed E-state index contributed by atoms with van der Waals surface area (Å²) in [5.41, 5.74) is 2.30. The Bertz CT molecular complexity index is 865. The van der Waals surface area contributed by atoms with Crippen molar-refractivity contribution in [3.8, 4) is 5.75 Å². The van der Waals surface area contributed by atoms with Crippen molar-refractivity contribution in [3.63, 3.8) is 0 Å². The number of rotatable bonds is 8. The van der Waals surface area contributed by atoms with Crippen LogP contribution in [0.25, 0.3) is 0 Å². The summed E-state index contributed by atoms with van der Waals surface area (Å²) in [5, 5.41) is 6.25. The van der Waals surface area contributed by atoms with Crippen molar-refractivity contribution in [2.24, 2.45) is 4.99 Å². The van der Waals surface area contributed by atoms with E-state index in [0.717, 1.165) is 17.7 Å². The van der Waals surface area contributed by atoms with Gasteiger partial charge in [-0.15, -0.1) is 0 Å².